The zero-order valence-corrected chi connectivity index (χ0v) is 6.91. The predicted molar refractivity (Wildman–Crippen MR) is 44.4 cm³/mol. The van der Waals surface area contributed by atoms with Gasteiger partial charge in [-0.25, -0.2) is 4.79 Å². The number of carbonyl (C=O) groups is 1. The van der Waals surface area contributed by atoms with Gasteiger partial charge in [0.2, 0.25) is 0 Å². The van der Waals surface area contributed by atoms with E-state index >= 15 is 0 Å². The lowest BCUT2D eigenvalue weighted by Crippen LogP contribution is -1.98. The summed E-state index contributed by atoms with van der Waals surface area (Å²) < 4.78 is 0. The Balaban J connectivity index is 0.00000121. The van der Waals surface area contributed by atoms with Crippen LogP contribution >= 0.6 is 12.4 Å². The molecular weight excluding hydrogens is 182 g/mol. The lowest BCUT2D eigenvalue weighted by Gasteiger charge is -1.95. The number of aliphatic hydroxyl groups is 1. The number of carboxylic acids is 1. The quantitative estimate of drug-likeness (QED) is 0.718. The largest absolute Gasteiger partial charge is 0.478 e. The molecule has 0 saturated carbocycles. The highest BCUT2D eigenvalue weighted by atomic mass is 35.5. The van der Waals surface area contributed by atoms with E-state index in [-0.39, 0.29) is 24.6 Å². The molecule has 1 heterocycles. The number of hydrogen-bond acceptors (Lipinski definition) is 3. The van der Waals surface area contributed by atoms with Crippen LogP contribution in [0, 0.1) is 0 Å². The Labute approximate surface area is 75.3 Å². The van der Waals surface area contributed by atoms with Crippen molar-refractivity contribution in [2.75, 3.05) is 0 Å². The highest BCUT2D eigenvalue weighted by Crippen LogP contribution is 2.00. The van der Waals surface area contributed by atoms with Crippen LogP contribution in [0.15, 0.2) is 18.3 Å². The molecule has 12 heavy (non-hydrogen) atoms. The van der Waals surface area contributed by atoms with Crippen LogP contribution in [0.25, 0.3) is 0 Å². The van der Waals surface area contributed by atoms with E-state index in [0.717, 1.165) is 0 Å². The molecule has 0 aliphatic carbocycles. The molecule has 0 atom stereocenters. The first-order chi connectivity index (χ1) is 5.24. The van der Waals surface area contributed by atoms with Crippen LogP contribution in [0.4, 0.5) is 0 Å². The van der Waals surface area contributed by atoms with Gasteiger partial charge in [-0.05, 0) is 12.1 Å². The lowest BCUT2D eigenvalue weighted by atomic mass is 10.2. The summed E-state index contributed by atoms with van der Waals surface area (Å²) in [4.78, 5) is 14.1. The van der Waals surface area contributed by atoms with Gasteiger partial charge in [0, 0.05) is 6.20 Å². The summed E-state index contributed by atoms with van der Waals surface area (Å²) >= 11 is 0. The van der Waals surface area contributed by atoms with E-state index in [1.165, 1.54) is 18.3 Å². The highest BCUT2D eigenvalue weighted by molar-refractivity contribution is 5.87. The minimum absolute atomic E-state index is 0. The van der Waals surface area contributed by atoms with Gasteiger partial charge in [0.05, 0.1) is 17.9 Å². The smallest absolute Gasteiger partial charge is 0.335 e. The van der Waals surface area contributed by atoms with Crippen molar-refractivity contribution in [3.8, 4) is 0 Å². The summed E-state index contributed by atoms with van der Waals surface area (Å²) in [6, 6.07) is 2.71. The second kappa shape index (κ2) is 4.69. The SMILES string of the molecule is Cl.O=C(O)c1ccnc(CO)c1. The van der Waals surface area contributed by atoms with Gasteiger partial charge < -0.3 is 10.2 Å². The van der Waals surface area contributed by atoms with Crippen molar-refractivity contribution in [2.45, 2.75) is 6.61 Å². The molecule has 0 aliphatic heterocycles. The monoisotopic (exact) mass is 189 g/mol. The van der Waals surface area contributed by atoms with Crippen molar-refractivity contribution in [3.63, 3.8) is 0 Å². The number of aromatic nitrogens is 1. The molecule has 0 amide bonds. The minimum atomic E-state index is -1.01. The molecule has 1 rings (SSSR count). The van der Waals surface area contributed by atoms with Crippen molar-refractivity contribution in [1.29, 1.82) is 0 Å². The molecule has 1 aromatic heterocycles. The molecule has 66 valence electrons. The molecule has 0 aromatic carbocycles. The molecule has 0 fully saturated rings. The molecule has 0 aliphatic rings. The summed E-state index contributed by atoms with van der Waals surface area (Å²) in [7, 11) is 0. The summed E-state index contributed by atoms with van der Waals surface area (Å²) in [5.41, 5.74) is 0.508. The number of nitrogens with zero attached hydrogens (tertiary/aromatic N) is 1. The number of rotatable bonds is 2. The summed E-state index contributed by atoms with van der Waals surface area (Å²) in [5.74, 6) is -1.01. The van der Waals surface area contributed by atoms with Crippen LogP contribution in [0.2, 0.25) is 0 Å². The van der Waals surface area contributed by atoms with Gasteiger partial charge in [-0.15, -0.1) is 12.4 Å². The Morgan fingerprint density at radius 1 is 1.58 bits per heavy atom. The fraction of sp³-hybridized carbons (Fsp3) is 0.143. The fourth-order valence-electron chi connectivity index (χ4n) is 0.698. The third-order valence-corrected chi connectivity index (χ3v) is 1.23. The van der Waals surface area contributed by atoms with Gasteiger partial charge >= 0.3 is 5.97 Å². The highest BCUT2D eigenvalue weighted by Gasteiger charge is 2.02. The molecule has 0 bridgehead atoms. The zero-order chi connectivity index (χ0) is 8.27. The number of aliphatic hydroxyl groups excluding tert-OH is 1. The first-order valence-corrected chi connectivity index (χ1v) is 3.03. The van der Waals surface area contributed by atoms with Crippen molar-refractivity contribution in [1.82, 2.24) is 4.98 Å². The Hall–Kier alpha value is -1.13. The molecular formula is C7H8ClNO3. The standard InChI is InChI=1S/C7H7NO3.ClH/c9-4-6-3-5(7(10)11)1-2-8-6;/h1-3,9H,4H2,(H,10,11);1H. The fourth-order valence-corrected chi connectivity index (χ4v) is 0.698. The summed E-state index contributed by atoms with van der Waals surface area (Å²) in [6.45, 7) is -0.235. The second-order valence-electron chi connectivity index (χ2n) is 2.00. The number of carboxylic acid groups (broad SMARTS) is 1. The zero-order valence-electron chi connectivity index (χ0n) is 6.10. The van der Waals surface area contributed by atoms with Crippen LogP contribution in [0.1, 0.15) is 16.1 Å². The van der Waals surface area contributed by atoms with Crippen molar-refractivity contribution < 1.29 is 15.0 Å². The van der Waals surface area contributed by atoms with Crippen LogP contribution in [-0.4, -0.2) is 21.2 Å². The van der Waals surface area contributed by atoms with Crippen molar-refractivity contribution in [3.05, 3.63) is 29.6 Å². The molecule has 4 nitrogen and oxygen atoms in total. The van der Waals surface area contributed by atoms with Gasteiger partial charge in [-0.1, -0.05) is 0 Å². The minimum Gasteiger partial charge on any atom is -0.478 e. The Kier molecular flexibility index (Phi) is 4.25. The van der Waals surface area contributed by atoms with Crippen LogP contribution < -0.4 is 0 Å². The van der Waals surface area contributed by atoms with E-state index in [4.69, 9.17) is 10.2 Å². The van der Waals surface area contributed by atoms with Gasteiger partial charge in [-0.3, -0.25) is 4.98 Å². The first kappa shape index (κ1) is 10.9. The van der Waals surface area contributed by atoms with E-state index in [9.17, 15) is 4.79 Å². The number of pyridine rings is 1. The lowest BCUT2D eigenvalue weighted by molar-refractivity contribution is 0.0696. The van der Waals surface area contributed by atoms with Crippen LogP contribution in [0.5, 0.6) is 0 Å². The molecule has 0 saturated heterocycles. The van der Waals surface area contributed by atoms with Crippen molar-refractivity contribution in [2.24, 2.45) is 0 Å². The maximum absolute atomic E-state index is 10.4. The third kappa shape index (κ3) is 2.48. The van der Waals surface area contributed by atoms with E-state index < -0.39 is 5.97 Å². The maximum atomic E-state index is 10.4. The number of aromatic carboxylic acids is 1. The topological polar surface area (TPSA) is 70.4 Å². The molecule has 2 N–H and O–H groups in total. The third-order valence-electron chi connectivity index (χ3n) is 1.23. The van der Waals surface area contributed by atoms with Gasteiger partial charge in [0.25, 0.3) is 0 Å². The normalized spacial score (nSPS) is 8.75. The number of hydrogen-bond donors (Lipinski definition) is 2. The van der Waals surface area contributed by atoms with Crippen LogP contribution in [0.3, 0.4) is 0 Å². The first-order valence-electron chi connectivity index (χ1n) is 3.03. The second-order valence-corrected chi connectivity index (χ2v) is 2.00. The Morgan fingerprint density at radius 3 is 2.75 bits per heavy atom. The maximum Gasteiger partial charge on any atom is 0.335 e. The Bertz CT molecular complexity index is 277. The molecule has 1 aromatic rings. The molecule has 0 spiro atoms. The number of halogens is 1. The van der Waals surface area contributed by atoms with E-state index in [1.54, 1.807) is 0 Å². The average molecular weight is 190 g/mol. The van der Waals surface area contributed by atoms with E-state index in [1.807, 2.05) is 0 Å². The van der Waals surface area contributed by atoms with E-state index in [2.05, 4.69) is 4.98 Å². The van der Waals surface area contributed by atoms with Crippen LogP contribution in [-0.2, 0) is 6.61 Å². The van der Waals surface area contributed by atoms with Crippen molar-refractivity contribution >= 4 is 18.4 Å². The summed E-state index contributed by atoms with van der Waals surface area (Å²) in [5, 5.41) is 17.1. The van der Waals surface area contributed by atoms with Gasteiger partial charge in [0.1, 0.15) is 0 Å². The molecule has 0 radical (unpaired) electrons. The molecule has 0 unspecified atom stereocenters. The van der Waals surface area contributed by atoms with Gasteiger partial charge in [0.15, 0.2) is 0 Å². The van der Waals surface area contributed by atoms with Gasteiger partial charge in [-0.2, -0.15) is 0 Å². The summed E-state index contributed by atoms with van der Waals surface area (Å²) in [6.07, 6.45) is 1.36. The van der Waals surface area contributed by atoms with E-state index in [0.29, 0.717) is 5.69 Å². The predicted octanol–water partition coefficient (Wildman–Crippen LogP) is 0.694. The average Bonchev–Trinajstić information content (AvgIpc) is 2.05. The Morgan fingerprint density at radius 2 is 2.25 bits per heavy atom. The molecule has 5 heteroatoms.